The molecule has 0 rings (SSSR count). The Bertz CT molecular complexity index is 574. The predicted molar refractivity (Wildman–Crippen MR) is 72.6 cm³/mol. The minimum absolute atomic E-state index is 0.954. The Hall–Kier alpha value is -1.66. The minimum Gasteiger partial charge on any atom is -0.455 e. The van der Waals surface area contributed by atoms with Crippen LogP contribution in [-0.2, 0) is 23.8 Å². The van der Waals surface area contributed by atoms with Crippen LogP contribution in [0, 0.1) is 0 Å². The molecule has 0 saturated heterocycles. The van der Waals surface area contributed by atoms with Crippen molar-refractivity contribution in [2.75, 3.05) is 0 Å². The molecule has 1 unspecified atom stereocenters. The van der Waals surface area contributed by atoms with Gasteiger partial charge in [-0.1, -0.05) is 0 Å². The average molecular weight is 418 g/mol. The first-order valence-electron chi connectivity index (χ1n) is 7.14. The molecule has 0 spiro atoms. The highest BCUT2D eigenvalue weighted by atomic mass is 19.4. The highest BCUT2D eigenvalue weighted by Gasteiger charge is 2.76. The van der Waals surface area contributed by atoms with Crippen LogP contribution in [0.3, 0.4) is 0 Å². The zero-order valence-corrected chi connectivity index (χ0v) is 15.1. The highest BCUT2D eigenvalue weighted by Crippen LogP contribution is 2.46. The molecule has 0 aromatic carbocycles. The van der Waals surface area contributed by atoms with Crippen molar-refractivity contribution in [1.82, 2.24) is 0 Å². The van der Waals surface area contributed by atoms with Crippen molar-refractivity contribution in [3.05, 3.63) is 0 Å². The summed E-state index contributed by atoms with van der Waals surface area (Å²) in [5, 5.41) is 0. The monoisotopic (exact) mass is 418 g/mol. The van der Waals surface area contributed by atoms with Crippen LogP contribution in [0.5, 0.6) is 0 Å². The Morgan fingerprint density at radius 2 is 0.963 bits per heavy atom. The summed E-state index contributed by atoms with van der Waals surface area (Å²) in [7, 11) is 0. The maximum atomic E-state index is 14.1. The lowest BCUT2D eigenvalue weighted by Gasteiger charge is -2.34. The van der Waals surface area contributed by atoms with E-state index in [1.54, 1.807) is 0 Å². The summed E-state index contributed by atoms with van der Waals surface area (Å²) in [4.78, 5) is 22.6. The topological polar surface area (TPSA) is 61.8 Å². The molecular weight excluding hydrogens is 400 g/mol. The molecule has 0 heterocycles. The van der Waals surface area contributed by atoms with Gasteiger partial charge in [0.25, 0.3) is 0 Å². The molecule has 0 aromatic rings. The lowest BCUT2D eigenvalue weighted by Crippen LogP contribution is -2.61. The number of hydrogen-bond donors (Lipinski definition) is 0. The van der Waals surface area contributed by atoms with Crippen LogP contribution >= 0.6 is 0 Å². The zero-order chi connectivity index (χ0) is 22.3. The van der Waals surface area contributed by atoms with Gasteiger partial charge in [-0.25, -0.2) is 9.59 Å². The van der Waals surface area contributed by atoms with Gasteiger partial charge in [-0.05, 0) is 41.5 Å². The lowest BCUT2D eigenvalue weighted by molar-refractivity contribution is -0.435. The normalized spacial score (nSPS) is 16.5. The largest absolute Gasteiger partial charge is 0.460 e. The van der Waals surface area contributed by atoms with Gasteiger partial charge in [-0.2, -0.15) is 35.1 Å². The third-order valence-electron chi connectivity index (χ3n) is 2.32. The van der Waals surface area contributed by atoms with Crippen molar-refractivity contribution in [1.29, 1.82) is 0 Å². The van der Waals surface area contributed by atoms with Gasteiger partial charge in [0.1, 0.15) is 11.2 Å². The van der Waals surface area contributed by atoms with E-state index in [0.717, 1.165) is 41.5 Å². The third kappa shape index (κ3) is 6.18. The van der Waals surface area contributed by atoms with Crippen molar-refractivity contribution in [2.24, 2.45) is 0 Å². The van der Waals surface area contributed by atoms with Crippen LogP contribution in [0.15, 0.2) is 0 Å². The first kappa shape index (κ1) is 25.3. The zero-order valence-electron chi connectivity index (χ0n) is 15.1. The van der Waals surface area contributed by atoms with Gasteiger partial charge < -0.3 is 9.47 Å². The van der Waals surface area contributed by atoms with Gasteiger partial charge in [0.05, 0.1) is 0 Å². The number of carbonyl (C=O) groups excluding carboxylic acids is 2. The van der Waals surface area contributed by atoms with E-state index in [1.165, 1.54) is 0 Å². The first-order valence-corrected chi connectivity index (χ1v) is 7.14. The minimum atomic E-state index is -6.54. The number of halogens is 8. The molecule has 5 nitrogen and oxygen atoms in total. The highest BCUT2D eigenvalue weighted by molar-refractivity contribution is 5.80. The summed E-state index contributed by atoms with van der Waals surface area (Å²) < 4.78 is 117. The number of hydrogen-bond acceptors (Lipinski definition) is 5. The number of ether oxygens (including phenoxy) is 3. The van der Waals surface area contributed by atoms with E-state index in [0.29, 0.717) is 0 Å². The summed E-state index contributed by atoms with van der Waals surface area (Å²) in [5.74, 6) is -18.1. The maximum absolute atomic E-state index is 14.1. The van der Waals surface area contributed by atoms with Crippen LogP contribution in [0.4, 0.5) is 35.1 Å². The lowest BCUT2D eigenvalue weighted by atomic mass is 10.2. The van der Waals surface area contributed by atoms with E-state index in [1.807, 2.05) is 0 Å². The van der Waals surface area contributed by atoms with Crippen LogP contribution in [0.25, 0.3) is 0 Å². The standard InChI is InChI=1S/C14H18F8O5/c1-9(2,3)25-7(23)11(15,16)14(21,22)27-12(17,13(18,19)20)8(24)26-10(4,5)6/h1-6H3. The van der Waals surface area contributed by atoms with Crippen molar-refractivity contribution in [3.63, 3.8) is 0 Å². The Labute approximate surface area is 148 Å². The predicted octanol–water partition coefficient (Wildman–Crippen LogP) is 4.14. The molecule has 0 saturated carbocycles. The summed E-state index contributed by atoms with van der Waals surface area (Å²) in [5.41, 5.74) is -3.55. The van der Waals surface area contributed by atoms with Crippen LogP contribution in [-0.4, -0.2) is 47.2 Å². The van der Waals surface area contributed by atoms with E-state index in [2.05, 4.69) is 14.2 Å². The molecule has 0 aliphatic heterocycles. The SMILES string of the molecule is CC(C)(C)OC(=O)C(F)(F)C(F)(F)OC(F)(C(=O)OC(C)(C)C)C(F)(F)F. The van der Waals surface area contributed by atoms with Crippen LogP contribution < -0.4 is 0 Å². The fourth-order valence-electron chi connectivity index (χ4n) is 1.26. The fourth-order valence-corrected chi connectivity index (χ4v) is 1.26. The molecule has 13 heteroatoms. The quantitative estimate of drug-likeness (QED) is 0.496. The molecule has 0 aromatic heterocycles. The number of esters is 2. The first-order chi connectivity index (χ1) is 11.5. The van der Waals surface area contributed by atoms with Gasteiger partial charge in [-0.15, -0.1) is 0 Å². The summed E-state index contributed by atoms with van der Waals surface area (Å²) in [6.45, 7) is 5.85. The van der Waals surface area contributed by atoms with Crippen LogP contribution in [0.1, 0.15) is 41.5 Å². The number of carbonyl (C=O) groups is 2. The second-order valence-corrected chi connectivity index (χ2v) is 7.29. The second-order valence-electron chi connectivity index (χ2n) is 7.29. The smallest absolute Gasteiger partial charge is 0.455 e. The summed E-state index contributed by atoms with van der Waals surface area (Å²) in [6.07, 6.45) is -13.0. The van der Waals surface area contributed by atoms with Gasteiger partial charge >= 0.3 is 36.0 Å². The molecule has 0 radical (unpaired) electrons. The average Bonchev–Trinajstić information content (AvgIpc) is 2.31. The van der Waals surface area contributed by atoms with Crippen molar-refractivity contribution in [2.45, 2.75) is 76.8 Å². The number of alkyl halides is 8. The molecule has 0 bridgehead atoms. The van der Waals surface area contributed by atoms with Gasteiger partial charge in [-0.3, -0.25) is 4.74 Å². The summed E-state index contributed by atoms with van der Waals surface area (Å²) >= 11 is 0. The molecule has 0 amide bonds. The second kappa shape index (κ2) is 7.06. The Kier molecular flexibility index (Phi) is 6.63. The van der Waals surface area contributed by atoms with E-state index in [4.69, 9.17) is 0 Å². The van der Waals surface area contributed by atoms with Crippen molar-refractivity contribution in [3.8, 4) is 0 Å². The van der Waals surface area contributed by atoms with E-state index < -0.39 is 47.2 Å². The summed E-state index contributed by atoms with van der Waals surface area (Å²) in [6, 6.07) is 0. The maximum Gasteiger partial charge on any atom is 0.460 e. The van der Waals surface area contributed by atoms with Crippen molar-refractivity contribution >= 4 is 11.9 Å². The van der Waals surface area contributed by atoms with E-state index >= 15 is 0 Å². The Morgan fingerprint density at radius 3 is 1.26 bits per heavy atom. The molecule has 0 N–H and O–H groups in total. The van der Waals surface area contributed by atoms with Crippen LogP contribution in [0.2, 0.25) is 0 Å². The van der Waals surface area contributed by atoms with Gasteiger partial charge in [0.2, 0.25) is 0 Å². The number of rotatable bonds is 5. The van der Waals surface area contributed by atoms with Gasteiger partial charge in [0, 0.05) is 0 Å². The van der Waals surface area contributed by atoms with Crippen molar-refractivity contribution < 1.29 is 58.9 Å². The fraction of sp³-hybridized carbons (Fsp3) is 0.857. The molecule has 0 aliphatic carbocycles. The molecule has 1 atom stereocenters. The molecule has 160 valence electrons. The molecule has 0 aliphatic rings. The van der Waals surface area contributed by atoms with E-state index in [9.17, 15) is 44.7 Å². The molecule has 27 heavy (non-hydrogen) atoms. The third-order valence-corrected chi connectivity index (χ3v) is 2.32. The molecule has 0 fully saturated rings. The Balaban J connectivity index is 5.96. The Morgan fingerprint density at radius 1 is 0.630 bits per heavy atom. The van der Waals surface area contributed by atoms with Gasteiger partial charge in [0.15, 0.2) is 0 Å². The molecular formula is C14H18F8O5. The van der Waals surface area contributed by atoms with E-state index in [-0.39, 0.29) is 0 Å².